The molecular formula is C28H30F2N6O2. The van der Waals surface area contributed by atoms with E-state index in [0.717, 1.165) is 24.1 Å². The number of piperidine rings is 1. The van der Waals surface area contributed by atoms with Gasteiger partial charge in [0.2, 0.25) is 0 Å². The topological polar surface area (TPSA) is 76.7 Å². The van der Waals surface area contributed by atoms with Gasteiger partial charge >= 0.3 is 0 Å². The number of methoxy groups -OCH3 is 1. The quantitative estimate of drug-likeness (QED) is 0.407. The average molecular weight is 521 g/mol. The summed E-state index contributed by atoms with van der Waals surface area (Å²) in [6, 6.07) is 4.77. The van der Waals surface area contributed by atoms with Crippen LogP contribution in [0.5, 0.6) is 5.75 Å². The molecule has 4 heterocycles. The highest BCUT2D eigenvalue weighted by molar-refractivity contribution is 5.95. The fraction of sp³-hybridized carbons (Fsp3) is 0.393. The summed E-state index contributed by atoms with van der Waals surface area (Å²) in [4.78, 5) is 19.2. The monoisotopic (exact) mass is 520 g/mol. The number of nitrogens with one attached hydrogen (secondary N) is 1. The molecule has 1 aromatic carbocycles. The minimum atomic E-state index is -1.50. The molecule has 2 fully saturated rings. The highest BCUT2D eigenvalue weighted by atomic mass is 19.1. The summed E-state index contributed by atoms with van der Waals surface area (Å²) >= 11 is 0. The molecule has 0 atom stereocenters. The molecule has 1 N–H and O–H groups in total. The predicted molar refractivity (Wildman–Crippen MR) is 139 cm³/mol. The van der Waals surface area contributed by atoms with Crippen molar-refractivity contribution in [2.45, 2.75) is 44.3 Å². The van der Waals surface area contributed by atoms with Crippen LogP contribution in [0.1, 0.15) is 47.2 Å². The van der Waals surface area contributed by atoms with Gasteiger partial charge in [0.25, 0.3) is 5.91 Å². The summed E-state index contributed by atoms with van der Waals surface area (Å²) in [5.74, 6) is -0.499. The first kappa shape index (κ1) is 24.5. The molecule has 0 bridgehead atoms. The second kappa shape index (κ2) is 9.20. The van der Waals surface area contributed by atoms with Crippen molar-refractivity contribution in [2.24, 2.45) is 0 Å². The van der Waals surface area contributed by atoms with Crippen molar-refractivity contribution >= 4 is 11.6 Å². The number of rotatable bonds is 6. The molecule has 198 valence electrons. The Balaban J connectivity index is 1.38. The van der Waals surface area contributed by atoms with Crippen LogP contribution in [0, 0.1) is 12.7 Å². The van der Waals surface area contributed by atoms with Crippen molar-refractivity contribution in [1.29, 1.82) is 0 Å². The van der Waals surface area contributed by atoms with Gasteiger partial charge in [0.1, 0.15) is 22.9 Å². The van der Waals surface area contributed by atoms with E-state index in [1.165, 1.54) is 12.1 Å². The van der Waals surface area contributed by atoms with E-state index < -0.39 is 17.4 Å². The largest absolute Gasteiger partial charge is 0.496 e. The third-order valence-corrected chi connectivity index (χ3v) is 7.66. The Morgan fingerprint density at radius 3 is 2.63 bits per heavy atom. The van der Waals surface area contributed by atoms with E-state index in [1.54, 1.807) is 49.6 Å². The van der Waals surface area contributed by atoms with E-state index in [0.29, 0.717) is 54.1 Å². The molecular weight excluding hydrogens is 490 g/mol. The van der Waals surface area contributed by atoms with Gasteiger partial charge < -0.3 is 15.0 Å². The van der Waals surface area contributed by atoms with Crippen molar-refractivity contribution in [3.8, 4) is 22.7 Å². The first-order valence-corrected chi connectivity index (χ1v) is 12.9. The number of carbonyl (C=O) groups is 1. The lowest BCUT2D eigenvalue weighted by Crippen LogP contribution is -2.38. The number of pyridine rings is 1. The number of aromatic nitrogens is 4. The summed E-state index contributed by atoms with van der Waals surface area (Å²) in [6.07, 6.45) is 9.58. The highest BCUT2D eigenvalue weighted by Gasteiger charge is 2.38. The minimum Gasteiger partial charge on any atom is -0.496 e. The van der Waals surface area contributed by atoms with E-state index in [-0.39, 0.29) is 11.6 Å². The lowest BCUT2D eigenvalue weighted by atomic mass is 9.86. The molecule has 38 heavy (non-hydrogen) atoms. The van der Waals surface area contributed by atoms with Gasteiger partial charge in [-0.05, 0) is 57.4 Å². The summed E-state index contributed by atoms with van der Waals surface area (Å²) in [5, 5.41) is 7.34. The van der Waals surface area contributed by atoms with Crippen molar-refractivity contribution < 1.29 is 18.3 Å². The molecule has 8 nitrogen and oxygen atoms in total. The van der Waals surface area contributed by atoms with Crippen molar-refractivity contribution in [1.82, 2.24) is 29.4 Å². The van der Waals surface area contributed by atoms with Crippen LogP contribution in [0.3, 0.4) is 0 Å². The van der Waals surface area contributed by atoms with Crippen LogP contribution in [0.4, 0.5) is 8.78 Å². The number of benzene rings is 1. The average Bonchev–Trinajstić information content (AvgIpc) is 3.41. The van der Waals surface area contributed by atoms with Crippen LogP contribution < -0.4 is 10.1 Å². The summed E-state index contributed by atoms with van der Waals surface area (Å²) < 4.78 is 39.8. The molecule has 1 saturated carbocycles. The van der Waals surface area contributed by atoms with E-state index in [9.17, 15) is 9.18 Å². The Kier molecular flexibility index (Phi) is 5.94. The van der Waals surface area contributed by atoms with Gasteiger partial charge in [0, 0.05) is 48.7 Å². The number of fused-ring (bicyclic) bond motifs is 1. The lowest BCUT2D eigenvalue weighted by Gasteiger charge is -2.35. The zero-order valence-electron chi connectivity index (χ0n) is 21.7. The number of aryl methyl sites for hydroxylation is 1. The third-order valence-electron chi connectivity index (χ3n) is 7.66. The summed E-state index contributed by atoms with van der Waals surface area (Å²) in [6.45, 7) is 3.11. The van der Waals surface area contributed by atoms with Gasteiger partial charge in [-0.2, -0.15) is 5.10 Å². The number of halogens is 2. The SMILES string of the molecule is COc1cc2ncc(-c3cnn(-c4cc(C(=O)NC5CC5)c(F)cc4C)c3)n2cc1C1(F)CCN(C)CC1. The van der Waals surface area contributed by atoms with Crippen LogP contribution in [0.15, 0.2) is 43.0 Å². The Labute approximate surface area is 219 Å². The Morgan fingerprint density at radius 1 is 1.16 bits per heavy atom. The lowest BCUT2D eigenvalue weighted by molar-refractivity contribution is 0.0646. The zero-order chi connectivity index (χ0) is 26.6. The molecule has 1 saturated heterocycles. The molecule has 0 spiro atoms. The predicted octanol–water partition coefficient (Wildman–Crippen LogP) is 4.43. The van der Waals surface area contributed by atoms with Crippen LogP contribution in [0.2, 0.25) is 0 Å². The van der Waals surface area contributed by atoms with Gasteiger partial charge in [0.05, 0.1) is 36.4 Å². The number of amides is 1. The van der Waals surface area contributed by atoms with Gasteiger partial charge in [-0.1, -0.05) is 0 Å². The smallest absolute Gasteiger partial charge is 0.254 e. The number of alkyl halides is 1. The second-order valence-corrected chi connectivity index (χ2v) is 10.4. The first-order valence-electron chi connectivity index (χ1n) is 12.9. The molecule has 4 aromatic rings. The summed E-state index contributed by atoms with van der Waals surface area (Å²) in [5.41, 5.74) is 2.36. The van der Waals surface area contributed by atoms with E-state index in [4.69, 9.17) is 4.74 Å². The first-order chi connectivity index (χ1) is 18.3. The van der Waals surface area contributed by atoms with Crippen molar-refractivity contribution in [3.05, 3.63) is 65.5 Å². The Bertz CT molecular complexity index is 1530. The molecule has 1 amide bonds. The molecule has 1 aliphatic heterocycles. The van der Waals surface area contributed by atoms with E-state index >= 15 is 4.39 Å². The number of carbonyl (C=O) groups excluding carboxylic acids is 1. The maximum Gasteiger partial charge on any atom is 0.254 e. The Morgan fingerprint density at radius 2 is 1.92 bits per heavy atom. The standard InChI is InChI=1S/C28H30F2N6O2/c1-17-10-22(29)20(27(37)33-19-4-5-19)11-23(17)36-15-18(13-32-36)24-14-31-26-12-25(38-3)21(16-35(24)26)28(30)6-8-34(2)9-7-28/h10-16,19H,4-9H2,1-3H3,(H,33,37). The second-order valence-electron chi connectivity index (χ2n) is 10.4. The highest BCUT2D eigenvalue weighted by Crippen LogP contribution is 2.42. The van der Waals surface area contributed by atoms with Crippen molar-refractivity contribution in [2.75, 3.05) is 27.2 Å². The third kappa shape index (κ3) is 4.32. The van der Waals surface area contributed by atoms with Gasteiger partial charge in [-0.25, -0.2) is 18.4 Å². The number of ether oxygens (including phenoxy) is 1. The maximum atomic E-state index is 16.2. The number of hydrogen-bond donors (Lipinski definition) is 1. The number of likely N-dealkylation sites (tertiary alicyclic amines) is 1. The molecule has 0 unspecified atom stereocenters. The number of hydrogen-bond acceptors (Lipinski definition) is 5. The van der Waals surface area contributed by atoms with Gasteiger partial charge in [0.15, 0.2) is 0 Å². The van der Waals surface area contributed by atoms with Gasteiger partial charge in [-0.3, -0.25) is 9.20 Å². The van der Waals surface area contributed by atoms with Crippen LogP contribution in [-0.2, 0) is 5.67 Å². The molecule has 6 rings (SSSR count). The summed E-state index contributed by atoms with van der Waals surface area (Å²) in [7, 11) is 3.54. The van der Waals surface area contributed by atoms with Crippen LogP contribution >= 0.6 is 0 Å². The van der Waals surface area contributed by atoms with Crippen molar-refractivity contribution in [3.63, 3.8) is 0 Å². The van der Waals surface area contributed by atoms with E-state index in [1.807, 2.05) is 11.4 Å². The maximum absolute atomic E-state index is 16.2. The molecule has 1 aliphatic carbocycles. The normalized spacial score (nSPS) is 17.6. The molecule has 3 aromatic heterocycles. The molecule has 10 heteroatoms. The number of imidazole rings is 1. The zero-order valence-corrected chi connectivity index (χ0v) is 21.7. The van der Waals surface area contributed by atoms with Crippen LogP contribution in [-0.4, -0.2) is 63.3 Å². The molecule has 2 aliphatic rings. The number of nitrogens with zero attached hydrogens (tertiary/aromatic N) is 5. The Hall–Kier alpha value is -3.79. The van der Waals surface area contributed by atoms with E-state index in [2.05, 4.69) is 20.3 Å². The van der Waals surface area contributed by atoms with Gasteiger partial charge in [-0.15, -0.1) is 0 Å². The fourth-order valence-electron chi connectivity index (χ4n) is 5.13. The fourth-order valence-corrected chi connectivity index (χ4v) is 5.13. The molecule has 0 radical (unpaired) electrons. The minimum absolute atomic E-state index is 0.00698. The van der Waals surface area contributed by atoms with Crippen LogP contribution in [0.25, 0.3) is 22.6 Å².